The lowest BCUT2D eigenvalue weighted by Crippen LogP contribution is -2.35. The molecule has 54 heavy (non-hydrogen) atoms. The van der Waals surface area contributed by atoms with Gasteiger partial charge < -0.3 is 38.2 Å². The van der Waals surface area contributed by atoms with Crippen molar-refractivity contribution >= 4 is 31.6 Å². The zero-order chi connectivity index (χ0) is 40.6. The van der Waals surface area contributed by atoms with Gasteiger partial charge in [0.1, 0.15) is 0 Å². The highest BCUT2D eigenvalue weighted by Gasteiger charge is 2.17. The summed E-state index contributed by atoms with van der Waals surface area (Å²) < 4.78 is 84.7. The van der Waals surface area contributed by atoms with Crippen LogP contribution in [0.5, 0.6) is 34.5 Å². The Kier molecular flexibility index (Phi) is 17.5. The third-order valence-electron chi connectivity index (χ3n) is 7.55. The lowest BCUT2D eigenvalue weighted by molar-refractivity contribution is 0.324. The summed E-state index contributed by atoms with van der Waals surface area (Å²) in [6.07, 6.45) is 5.25. The van der Waals surface area contributed by atoms with Crippen LogP contribution in [0.25, 0.3) is 22.5 Å². The first-order chi connectivity index (χ1) is 25.4. The van der Waals surface area contributed by atoms with Crippen LogP contribution in [-0.4, -0.2) is 117 Å². The number of hydrogen-bond donors (Lipinski definition) is 2. The van der Waals surface area contributed by atoms with Gasteiger partial charge in [0.25, 0.3) is 20.2 Å². The van der Waals surface area contributed by atoms with Crippen molar-refractivity contribution < 1.29 is 54.4 Å². The van der Waals surface area contributed by atoms with Crippen LogP contribution in [0.1, 0.15) is 13.8 Å². The summed E-state index contributed by atoms with van der Waals surface area (Å²) in [7, 11) is 2.28. The molecule has 2 aromatic carbocycles. The number of benzene rings is 2. The highest BCUT2D eigenvalue weighted by molar-refractivity contribution is 7.85. The first-order valence-electron chi connectivity index (χ1n) is 16.3. The van der Waals surface area contributed by atoms with Crippen LogP contribution in [-0.2, 0) is 20.2 Å². The zero-order valence-electron chi connectivity index (χ0n) is 32.2. The van der Waals surface area contributed by atoms with Gasteiger partial charge in [0.15, 0.2) is 23.0 Å². The van der Waals surface area contributed by atoms with Gasteiger partial charge in [-0.1, -0.05) is 0 Å². The lowest BCUT2D eigenvalue weighted by atomic mass is 10.1. The summed E-state index contributed by atoms with van der Waals surface area (Å²) in [6, 6.07) is 15.8. The molecule has 4 aromatic rings. The van der Waals surface area contributed by atoms with Crippen LogP contribution < -0.4 is 38.2 Å². The predicted octanol–water partition coefficient (Wildman–Crippen LogP) is 5.22. The van der Waals surface area contributed by atoms with Gasteiger partial charge in [-0.25, -0.2) is 0 Å². The van der Waals surface area contributed by atoms with Gasteiger partial charge in [-0.3, -0.25) is 19.1 Å². The summed E-state index contributed by atoms with van der Waals surface area (Å²) in [5, 5.41) is 0. The fraction of sp³-hybridized carbons (Fsp3) is 0.389. The standard InChI is InChI=1S/C34H42N4O6.2CH4O3S/c1-9-37(25-11-13-27(35-21-25)23-17-29(39-3)33(43-7)30(18-23)40-4)15-16-38(10-2)26-12-14-28(36-22-26)24-19-31(41-5)34(44-8)32(20-24)42-6;2*1-5(2,3)4/h11-14,17-22H,9-10,15-16H2,1-8H3;2*1H3,(H,2,3,4). The Morgan fingerprint density at radius 1 is 0.537 bits per heavy atom. The molecule has 0 unspecified atom stereocenters. The number of likely N-dealkylation sites (N-methyl/N-ethyl adjacent to an activating group) is 2. The summed E-state index contributed by atoms with van der Waals surface area (Å²) in [6.45, 7) is 7.64. The molecule has 2 heterocycles. The summed E-state index contributed by atoms with van der Waals surface area (Å²) in [5.74, 6) is 3.47. The van der Waals surface area contributed by atoms with Crippen molar-refractivity contribution in [2.75, 3.05) is 91.1 Å². The topological polar surface area (TPSA) is 196 Å². The van der Waals surface area contributed by atoms with Crippen LogP contribution >= 0.6 is 0 Å². The summed E-state index contributed by atoms with van der Waals surface area (Å²) >= 11 is 0. The third-order valence-corrected chi connectivity index (χ3v) is 7.55. The van der Waals surface area contributed by atoms with E-state index in [-0.39, 0.29) is 0 Å². The Hall–Kier alpha value is -5.04. The molecule has 18 heteroatoms. The van der Waals surface area contributed by atoms with E-state index < -0.39 is 20.2 Å². The second kappa shape index (κ2) is 21.0. The van der Waals surface area contributed by atoms with Crippen molar-refractivity contribution in [1.82, 2.24) is 9.97 Å². The fourth-order valence-corrected chi connectivity index (χ4v) is 5.13. The number of ether oxygens (including phenoxy) is 6. The maximum absolute atomic E-state index is 9.19. The minimum atomic E-state index is -3.67. The van der Waals surface area contributed by atoms with E-state index in [1.165, 1.54) is 0 Å². The van der Waals surface area contributed by atoms with Crippen molar-refractivity contribution in [2.45, 2.75) is 13.8 Å². The Morgan fingerprint density at radius 3 is 1.00 bits per heavy atom. The van der Waals surface area contributed by atoms with Gasteiger partial charge >= 0.3 is 0 Å². The molecule has 0 aliphatic rings. The van der Waals surface area contributed by atoms with E-state index in [1.807, 2.05) is 48.8 Å². The molecule has 0 aliphatic carbocycles. The number of hydrogen-bond acceptors (Lipinski definition) is 14. The minimum Gasteiger partial charge on any atom is -0.493 e. The van der Waals surface area contributed by atoms with Crippen LogP contribution in [0.4, 0.5) is 11.4 Å². The average Bonchev–Trinajstić information content (AvgIpc) is 3.14. The normalized spacial score (nSPS) is 10.8. The molecule has 2 N–H and O–H groups in total. The van der Waals surface area contributed by atoms with Gasteiger partial charge in [-0.2, -0.15) is 16.8 Å². The Morgan fingerprint density at radius 2 is 0.815 bits per heavy atom. The maximum atomic E-state index is 9.19. The molecule has 298 valence electrons. The largest absolute Gasteiger partial charge is 0.493 e. The van der Waals surface area contributed by atoms with Crippen molar-refractivity contribution in [3.05, 3.63) is 60.9 Å². The molecule has 0 aliphatic heterocycles. The quantitative estimate of drug-likeness (QED) is 0.148. The van der Waals surface area contributed by atoms with Gasteiger partial charge in [0.2, 0.25) is 11.5 Å². The number of nitrogens with zero attached hydrogens (tertiary/aromatic N) is 4. The number of methoxy groups -OCH3 is 6. The van der Waals surface area contributed by atoms with Gasteiger partial charge in [0.05, 0.1) is 90.3 Å². The molecule has 0 bridgehead atoms. The van der Waals surface area contributed by atoms with Crippen molar-refractivity contribution in [3.8, 4) is 57.0 Å². The number of anilines is 2. The Balaban J connectivity index is 0.000000892. The molecule has 0 saturated heterocycles. The molecule has 0 atom stereocenters. The Labute approximate surface area is 318 Å². The van der Waals surface area contributed by atoms with Crippen molar-refractivity contribution in [1.29, 1.82) is 0 Å². The number of aromatic nitrogens is 2. The highest BCUT2D eigenvalue weighted by Crippen LogP contribution is 2.42. The monoisotopic (exact) mass is 794 g/mol. The second-order valence-electron chi connectivity index (χ2n) is 11.3. The first kappa shape index (κ1) is 45.1. The highest BCUT2D eigenvalue weighted by atomic mass is 32.2. The Bertz CT molecular complexity index is 1780. The molecule has 0 spiro atoms. The summed E-state index contributed by atoms with van der Waals surface area (Å²) in [5.41, 5.74) is 5.50. The van der Waals surface area contributed by atoms with E-state index >= 15 is 0 Å². The third kappa shape index (κ3) is 14.1. The van der Waals surface area contributed by atoms with E-state index in [0.717, 1.165) is 60.1 Å². The number of rotatable bonds is 15. The minimum absolute atomic E-state index is 0.555. The molecule has 0 fully saturated rings. The van der Waals surface area contributed by atoms with Crippen LogP contribution in [0.15, 0.2) is 60.9 Å². The first-order valence-corrected chi connectivity index (χ1v) is 20.0. The van der Waals surface area contributed by atoms with E-state index in [4.69, 9.17) is 47.5 Å². The van der Waals surface area contributed by atoms with Gasteiger partial charge in [-0.15, -0.1) is 0 Å². The van der Waals surface area contributed by atoms with E-state index in [0.29, 0.717) is 47.0 Å². The molecule has 16 nitrogen and oxygen atoms in total. The number of pyridine rings is 2. The molecular weight excluding hydrogens is 745 g/mol. The maximum Gasteiger partial charge on any atom is 0.261 e. The van der Waals surface area contributed by atoms with Gasteiger partial charge in [0, 0.05) is 37.3 Å². The molecular formula is C36H50N4O12S2. The molecule has 2 aromatic heterocycles. The average molecular weight is 795 g/mol. The van der Waals surface area contributed by atoms with Crippen molar-refractivity contribution in [3.63, 3.8) is 0 Å². The van der Waals surface area contributed by atoms with Crippen LogP contribution in [0, 0.1) is 0 Å². The molecule has 0 radical (unpaired) electrons. The predicted molar refractivity (Wildman–Crippen MR) is 209 cm³/mol. The smallest absolute Gasteiger partial charge is 0.261 e. The van der Waals surface area contributed by atoms with E-state index in [2.05, 4.69) is 35.8 Å². The summed E-state index contributed by atoms with van der Waals surface area (Å²) in [4.78, 5) is 14.1. The fourth-order valence-electron chi connectivity index (χ4n) is 5.13. The van der Waals surface area contributed by atoms with E-state index in [1.54, 1.807) is 42.7 Å². The van der Waals surface area contributed by atoms with E-state index in [9.17, 15) is 16.8 Å². The van der Waals surface area contributed by atoms with Crippen LogP contribution in [0.3, 0.4) is 0 Å². The molecule has 4 rings (SSSR count). The second-order valence-corrected chi connectivity index (χ2v) is 14.2. The zero-order valence-corrected chi connectivity index (χ0v) is 33.8. The molecule has 0 saturated carbocycles. The van der Waals surface area contributed by atoms with Crippen molar-refractivity contribution in [2.24, 2.45) is 0 Å². The molecule has 0 amide bonds. The SMILES string of the molecule is CCN(CCN(CC)c1ccc(-c2cc(OC)c(OC)c(OC)c2)nc1)c1ccc(-c2cc(OC)c(OC)c(OC)c2)nc1.CS(=O)(=O)O.CS(=O)(=O)O. The lowest BCUT2D eigenvalue weighted by Gasteiger charge is -2.29. The van der Waals surface area contributed by atoms with Crippen LogP contribution in [0.2, 0.25) is 0 Å². The van der Waals surface area contributed by atoms with Gasteiger partial charge in [-0.05, 0) is 62.4 Å².